The molecule has 22 heavy (non-hydrogen) atoms. The van der Waals surface area contributed by atoms with Crippen LogP contribution in [0.25, 0.3) is 11.4 Å². The van der Waals surface area contributed by atoms with Gasteiger partial charge in [0, 0.05) is 5.56 Å². The first-order valence-corrected chi connectivity index (χ1v) is 6.91. The smallest absolute Gasteiger partial charge is 0.203 e. The van der Waals surface area contributed by atoms with Gasteiger partial charge >= 0.3 is 0 Å². The van der Waals surface area contributed by atoms with Crippen LogP contribution in [-0.2, 0) is 24.5 Å². The Labute approximate surface area is 127 Å². The van der Waals surface area contributed by atoms with E-state index in [1.54, 1.807) is 11.0 Å². The number of hydrogen-bond acceptors (Lipinski definition) is 7. The third-order valence-electron chi connectivity index (χ3n) is 3.01. The number of ether oxygens (including phenoxy) is 1. The van der Waals surface area contributed by atoms with Gasteiger partial charge in [0.2, 0.25) is 5.82 Å². The lowest BCUT2D eigenvalue weighted by atomic mass is 10.1. The lowest BCUT2D eigenvalue weighted by molar-refractivity contribution is 0.104. The Morgan fingerprint density at radius 1 is 1.05 bits per heavy atom. The van der Waals surface area contributed by atoms with Gasteiger partial charge in [-0.3, -0.25) is 0 Å². The van der Waals surface area contributed by atoms with E-state index in [0.29, 0.717) is 19.0 Å². The molecule has 0 atom stereocenters. The molecule has 2 aromatic heterocycles. The molecule has 0 aliphatic rings. The second kappa shape index (κ2) is 6.81. The molecule has 0 radical (unpaired) electrons. The number of aromatic nitrogens is 7. The zero-order chi connectivity index (χ0) is 15.2. The van der Waals surface area contributed by atoms with Gasteiger partial charge in [0.15, 0.2) is 6.33 Å². The van der Waals surface area contributed by atoms with Crippen LogP contribution in [-0.4, -0.2) is 35.4 Å². The second-order valence-corrected chi connectivity index (χ2v) is 4.58. The van der Waals surface area contributed by atoms with E-state index >= 15 is 0 Å². The first-order valence-electron chi connectivity index (χ1n) is 6.91. The van der Waals surface area contributed by atoms with Crippen LogP contribution < -0.4 is 0 Å². The third-order valence-corrected chi connectivity index (χ3v) is 3.01. The highest BCUT2D eigenvalue weighted by Crippen LogP contribution is 2.14. The third kappa shape index (κ3) is 3.47. The zero-order valence-electron chi connectivity index (χ0n) is 12.1. The van der Waals surface area contributed by atoms with E-state index in [4.69, 9.17) is 4.74 Å². The molecule has 0 amide bonds. The van der Waals surface area contributed by atoms with Gasteiger partial charge in [-0.1, -0.05) is 24.3 Å². The van der Waals surface area contributed by atoms with Crippen LogP contribution >= 0.6 is 0 Å². The van der Waals surface area contributed by atoms with Crippen LogP contribution in [0.4, 0.5) is 0 Å². The maximum atomic E-state index is 5.64. The van der Waals surface area contributed by atoms with Gasteiger partial charge in [-0.05, 0) is 12.5 Å². The number of aryl methyl sites for hydroxylation is 1. The van der Waals surface area contributed by atoms with Crippen LogP contribution in [0.1, 0.15) is 18.2 Å². The van der Waals surface area contributed by atoms with Gasteiger partial charge in [0.1, 0.15) is 5.69 Å². The molecule has 0 saturated heterocycles. The fourth-order valence-electron chi connectivity index (χ4n) is 1.89. The van der Waals surface area contributed by atoms with Crippen LogP contribution in [0.2, 0.25) is 0 Å². The van der Waals surface area contributed by atoms with Gasteiger partial charge < -0.3 is 4.74 Å². The Hall–Kier alpha value is -2.74. The average molecular weight is 297 g/mol. The number of nitrogens with zero attached hydrogens (tertiary/aromatic N) is 7. The predicted octanol–water partition coefficient (Wildman–Crippen LogP) is 1.26. The molecule has 8 heteroatoms. The van der Waals surface area contributed by atoms with E-state index in [2.05, 4.69) is 30.6 Å². The molecule has 0 unspecified atom stereocenters. The molecular weight excluding hydrogens is 282 g/mol. The van der Waals surface area contributed by atoms with Crippen molar-refractivity contribution in [3.8, 4) is 11.4 Å². The highest BCUT2D eigenvalue weighted by Gasteiger charge is 2.03. The summed E-state index contributed by atoms with van der Waals surface area (Å²) in [4.78, 5) is 1.63. The van der Waals surface area contributed by atoms with E-state index in [1.165, 1.54) is 6.33 Å². The highest BCUT2D eigenvalue weighted by atomic mass is 16.5. The van der Waals surface area contributed by atoms with Crippen LogP contribution in [0.5, 0.6) is 0 Å². The quantitative estimate of drug-likeness (QED) is 0.676. The van der Waals surface area contributed by atoms with Crippen molar-refractivity contribution in [1.29, 1.82) is 0 Å². The lowest BCUT2D eigenvalue weighted by Crippen LogP contribution is -2.00. The van der Waals surface area contributed by atoms with Gasteiger partial charge in [0.05, 0.1) is 26.0 Å². The number of hydrogen-bond donors (Lipinski definition) is 0. The van der Waals surface area contributed by atoms with Crippen molar-refractivity contribution in [2.75, 3.05) is 0 Å². The highest BCUT2D eigenvalue weighted by molar-refractivity contribution is 5.53. The molecule has 112 valence electrons. The van der Waals surface area contributed by atoms with Gasteiger partial charge in [-0.25, -0.2) is 0 Å². The standard InChI is InChI=1S/C14H15N7O/c1-2-21-17-7-13(20-21)9-22-8-11-3-5-12(6-4-11)14-18-15-10-16-19-14/h3-7,10H,2,8-9H2,1H3. The van der Waals surface area contributed by atoms with Crippen molar-refractivity contribution in [1.82, 2.24) is 35.4 Å². The molecular formula is C14H15N7O. The topological polar surface area (TPSA) is 91.5 Å². The van der Waals surface area contributed by atoms with Crippen LogP contribution in [0.15, 0.2) is 36.8 Å². The molecule has 1 aromatic carbocycles. The molecule has 0 aliphatic heterocycles. The van der Waals surface area contributed by atoms with Crippen molar-refractivity contribution >= 4 is 0 Å². The fourth-order valence-corrected chi connectivity index (χ4v) is 1.89. The molecule has 8 nitrogen and oxygen atoms in total. The van der Waals surface area contributed by atoms with E-state index in [-0.39, 0.29) is 0 Å². The Bertz CT molecular complexity index is 712. The fraction of sp³-hybridized carbons (Fsp3) is 0.286. The average Bonchev–Trinajstić information content (AvgIpc) is 3.04. The summed E-state index contributed by atoms with van der Waals surface area (Å²) in [6.07, 6.45) is 3.03. The maximum Gasteiger partial charge on any atom is 0.203 e. The van der Waals surface area contributed by atoms with Gasteiger partial charge in [0.25, 0.3) is 0 Å². The SMILES string of the molecule is CCn1ncc(COCc2ccc(-c3nncnn3)cc2)n1. The van der Waals surface area contributed by atoms with Gasteiger partial charge in [-0.15, -0.1) is 20.4 Å². The summed E-state index contributed by atoms with van der Waals surface area (Å²) < 4.78 is 5.64. The molecule has 0 saturated carbocycles. The van der Waals surface area contributed by atoms with Crippen molar-refractivity contribution in [3.05, 3.63) is 48.0 Å². The van der Waals surface area contributed by atoms with Crippen molar-refractivity contribution < 1.29 is 4.74 Å². The molecule has 0 fully saturated rings. The van der Waals surface area contributed by atoms with Crippen molar-refractivity contribution in [3.63, 3.8) is 0 Å². The minimum absolute atomic E-state index is 0.442. The molecule has 3 aromatic rings. The first-order chi connectivity index (χ1) is 10.8. The van der Waals surface area contributed by atoms with Crippen molar-refractivity contribution in [2.24, 2.45) is 0 Å². The van der Waals surface area contributed by atoms with Gasteiger partial charge in [-0.2, -0.15) is 15.0 Å². The molecule has 3 rings (SSSR count). The Morgan fingerprint density at radius 3 is 2.50 bits per heavy atom. The summed E-state index contributed by atoms with van der Waals surface area (Å²) in [7, 11) is 0. The summed E-state index contributed by atoms with van der Waals surface area (Å²) in [5.74, 6) is 0.506. The summed E-state index contributed by atoms with van der Waals surface area (Å²) in [5, 5.41) is 23.6. The summed E-state index contributed by atoms with van der Waals surface area (Å²) in [6, 6.07) is 7.78. The van der Waals surface area contributed by atoms with E-state index in [1.807, 2.05) is 31.2 Å². The maximum absolute atomic E-state index is 5.64. The molecule has 0 spiro atoms. The largest absolute Gasteiger partial charge is 0.370 e. The second-order valence-electron chi connectivity index (χ2n) is 4.58. The molecule has 0 N–H and O–H groups in total. The van der Waals surface area contributed by atoms with Crippen LogP contribution in [0, 0.1) is 0 Å². The molecule has 0 bridgehead atoms. The normalized spacial score (nSPS) is 10.8. The minimum atomic E-state index is 0.442. The predicted molar refractivity (Wildman–Crippen MR) is 77.2 cm³/mol. The summed E-state index contributed by atoms with van der Waals surface area (Å²) in [6.45, 7) is 3.70. The summed E-state index contributed by atoms with van der Waals surface area (Å²) >= 11 is 0. The Morgan fingerprint density at radius 2 is 1.82 bits per heavy atom. The first kappa shape index (κ1) is 14.2. The lowest BCUT2D eigenvalue weighted by Gasteiger charge is -2.03. The van der Waals surface area contributed by atoms with E-state index < -0.39 is 0 Å². The van der Waals surface area contributed by atoms with E-state index in [0.717, 1.165) is 23.4 Å². The van der Waals surface area contributed by atoms with E-state index in [9.17, 15) is 0 Å². The van der Waals surface area contributed by atoms with Crippen LogP contribution in [0.3, 0.4) is 0 Å². The summed E-state index contributed by atoms with van der Waals surface area (Å²) in [5.41, 5.74) is 2.76. The van der Waals surface area contributed by atoms with Crippen molar-refractivity contribution in [2.45, 2.75) is 26.7 Å². The molecule has 2 heterocycles. The molecule has 0 aliphatic carbocycles. The number of benzene rings is 1. The Balaban J connectivity index is 1.55. The Kier molecular flexibility index (Phi) is 4.40. The monoisotopic (exact) mass is 297 g/mol. The number of rotatable bonds is 6. The zero-order valence-corrected chi connectivity index (χ0v) is 12.1. The minimum Gasteiger partial charge on any atom is -0.370 e.